The number of hydrogen-bond donors (Lipinski definition) is 0. The molecule has 1 aliphatic heterocycles. The molecule has 0 bridgehead atoms. The quantitative estimate of drug-likeness (QED) is 0.718. The monoisotopic (exact) mass is 350 g/mol. The molecule has 7 heteroatoms. The van der Waals surface area contributed by atoms with Crippen molar-refractivity contribution in [2.45, 2.75) is 32.2 Å². The molecule has 1 aliphatic carbocycles. The fraction of sp³-hybridized carbons (Fsp3) is 0.474. The highest BCUT2D eigenvalue weighted by molar-refractivity contribution is 5.87. The van der Waals surface area contributed by atoms with Crippen LogP contribution in [0.25, 0.3) is 11.0 Å². The zero-order valence-corrected chi connectivity index (χ0v) is 15.1. The molecular weight excluding hydrogens is 328 g/mol. The first-order chi connectivity index (χ1) is 12.6. The molecule has 5 rings (SSSR count). The second-order valence-electron chi connectivity index (χ2n) is 7.60. The van der Waals surface area contributed by atoms with Gasteiger partial charge in [0.25, 0.3) is 5.56 Å². The predicted molar refractivity (Wildman–Crippen MR) is 99.4 cm³/mol. The topological polar surface area (TPSA) is 68.8 Å². The molecule has 7 nitrogen and oxygen atoms in total. The average molecular weight is 350 g/mol. The van der Waals surface area contributed by atoms with Gasteiger partial charge in [0.05, 0.1) is 17.8 Å². The SMILES string of the molecule is Cc1cc2ncnc(N3CC(Cn4nc(C5CC5)ccc4=O)C3)c2n1C. The molecule has 2 aliphatic rings. The Kier molecular flexibility index (Phi) is 3.38. The Morgan fingerprint density at radius 1 is 1.19 bits per heavy atom. The van der Waals surface area contributed by atoms with E-state index in [0.29, 0.717) is 18.4 Å². The van der Waals surface area contributed by atoms with Gasteiger partial charge in [-0.15, -0.1) is 0 Å². The van der Waals surface area contributed by atoms with Crippen LogP contribution in [0.5, 0.6) is 0 Å². The van der Waals surface area contributed by atoms with Gasteiger partial charge >= 0.3 is 0 Å². The lowest BCUT2D eigenvalue weighted by molar-refractivity contribution is 0.331. The molecular formula is C19H22N6O. The average Bonchev–Trinajstić information content (AvgIpc) is 3.39. The van der Waals surface area contributed by atoms with E-state index in [0.717, 1.165) is 35.6 Å². The van der Waals surface area contributed by atoms with Gasteiger partial charge in [-0.2, -0.15) is 5.10 Å². The van der Waals surface area contributed by atoms with Crippen LogP contribution in [-0.2, 0) is 13.6 Å². The van der Waals surface area contributed by atoms with Gasteiger partial charge in [-0.05, 0) is 31.9 Å². The summed E-state index contributed by atoms with van der Waals surface area (Å²) < 4.78 is 3.79. The van der Waals surface area contributed by atoms with Gasteiger partial charge in [0.1, 0.15) is 11.8 Å². The van der Waals surface area contributed by atoms with E-state index in [9.17, 15) is 4.79 Å². The minimum Gasteiger partial charge on any atom is -0.354 e. The fourth-order valence-corrected chi connectivity index (χ4v) is 3.81. The van der Waals surface area contributed by atoms with E-state index < -0.39 is 0 Å². The van der Waals surface area contributed by atoms with E-state index in [1.54, 1.807) is 17.1 Å². The number of aryl methyl sites for hydroxylation is 2. The van der Waals surface area contributed by atoms with Gasteiger partial charge in [-0.1, -0.05) is 0 Å². The summed E-state index contributed by atoms with van der Waals surface area (Å²) in [5.74, 6) is 1.96. The lowest BCUT2D eigenvalue weighted by atomic mass is 10.00. The number of anilines is 1. The van der Waals surface area contributed by atoms with Crippen LogP contribution in [0.2, 0.25) is 0 Å². The van der Waals surface area contributed by atoms with Crippen molar-refractivity contribution in [3.05, 3.63) is 46.3 Å². The lowest BCUT2D eigenvalue weighted by Crippen LogP contribution is -2.50. The number of rotatable bonds is 4. The third-order valence-corrected chi connectivity index (χ3v) is 5.61. The van der Waals surface area contributed by atoms with Crippen LogP contribution in [0.3, 0.4) is 0 Å². The summed E-state index contributed by atoms with van der Waals surface area (Å²) in [6.45, 7) is 4.53. The Labute approximate surface area is 151 Å². The van der Waals surface area contributed by atoms with Crippen LogP contribution in [0.1, 0.15) is 30.1 Å². The van der Waals surface area contributed by atoms with Crippen molar-refractivity contribution in [1.82, 2.24) is 24.3 Å². The Bertz CT molecular complexity index is 1040. The first kappa shape index (κ1) is 15.5. The van der Waals surface area contributed by atoms with Crippen LogP contribution in [0.4, 0.5) is 5.82 Å². The minimum absolute atomic E-state index is 0.00432. The maximum atomic E-state index is 12.1. The number of nitrogens with zero attached hydrogens (tertiary/aromatic N) is 6. The number of aromatic nitrogens is 5. The summed E-state index contributed by atoms with van der Waals surface area (Å²) in [7, 11) is 2.05. The van der Waals surface area contributed by atoms with Gasteiger partial charge in [0.2, 0.25) is 0 Å². The van der Waals surface area contributed by atoms with E-state index in [-0.39, 0.29) is 5.56 Å². The molecule has 134 valence electrons. The molecule has 2 fully saturated rings. The summed E-state index contributed by atoms with van der Waals surface area (Å²) in [5.41, 5.74) is 4.29. The van der Waals surface area contributed by atoms with Gasteiger partial charge in [0, 0.05) is 43.7 Å². The lowest BCUT2D eigenvalue weighted by Gasteiger charge is -2.40. The summed E-state index contributed by atoms with van der Waals surface area (Å²) >= 11 is 0. The molecule has 0 aromatic carbocycles. The van der Waals surface area contributed by atoms with E-state index in [4.69, 9.17) is 0 Å². The molecule has 3 aromatic rings. The molecule has 4 heterocycles. The van der Waals surface area contributed by atoms with Gasteiger partial charge in [0.15, 0.2) is 5.82 Å². The first-order valence-corrected chi connectivity index (χ1v) is 9.20. The summed E-state index contributed by atoms with van der Waals surface area (Å²) in [6.07, 6.45) is 4.03. The maximum Gasteiger partial charge on any atom is 0.266 e. The maximum absolute atomic E-state index is 12.1. The molecule has 0 radical (unpaired) electrons. The third kappa shape index (κ3) is 2.50. The summed E-state index contributed by atoms with van der Waals surface area (Å²) in [4.78, 5) is 23.3. The molecule has 1 saturated carbocycles. The van der Waals surface area contributed by atoms with Crippen LogP contribution in [-0.4, -0.2) is 37.4 Å². The number of fused-ring (bicyclic) bond motifs is 1. The largest absolute Gasteiger partial charge is 0.354 e. The molecule has 0 atom stereocenters. The Balaban J connectivity index is 1.34. The van der Waals surface area contributed by atoms with Crippen molar-refractivity contribution in [2.75, 3.05) is 18.0 Å². The highest BCUT2D eigenvalue weighted by Gasteiger charge is 2.31. The van der Waals surface area contributed by atoms with Crippen molar-refractivity contribution >= 4 is 16.9 Å². The first-order valence-electron chi connectivity index (χ1n) is 9.20. The zero-order chi connectivity index (χ0) is 17.8. The van der Waals surface area contributed by atoms with Crippen LogP contribution < -0.4 is 10.5 Å². The highest BCUT2D eigenvalue weighted by atomic mass is 16.1. The van der Waals surface area contributed by atoms with Crippen LogP contribution >= 0.6 is 0 Å². The van der Waals surface area contributed by atoms with Gasteiger partial charge < -0.3 is 9.47 Å². The van der Waals surface area contributed by atoms with Crippen LogP contribution in [0, 0.1) is 12.8 Å². The van der Waals surface area contributed by atoms with Crippen molar-refractivity contribution < 1.29 is 0 Å². The normalized spacial score (nSPS) is 17.7. The molecule has 0 spiro atoms. The molecule has 3 aromatic heterocycles. The standard InChI is InChI=1S/C19H22N6O/c1-12-7-16-18(23(12)2)19(21-11-20-16)24-8-13(9-24)10-25-17(26)6-5-15(22-25)14-3-4-14/h5-7,11,13-14H,3-4,8-10H2,1-2H3. The fourth-order valence-electron chi connectivity index (χ4n) is 3.81. The zero-order valence-electron chi connectivity index (χ0n) is 15.1. The smallest absolute Gasteiger partial charge is 0.266 e. The van der Waals surface area contributed by atoms with Crippen molar-refractivity contribution in [2.24, 2.45) is 13.0 Å². The molecule has 1 saturated heterocycles. The van der Waals surface area contributed by atoms with Crippen molar-refractivity contribution in [1.29, 1.82) is 0 Å². The Hall–Kier alpha value is -2.70. The molecule has 0 amide bonds. The van der Waals surface area contributed by atoms with E-state index in [2.05, 4.69) is 44.6 Å². The Morgan fingerprint density at radius 3 is 2.77 bits per heavy atom. The minimum atomic E-state index is -0.00432. The molecule has 0 N–H and O–H groups in total. The second kappa shape index (κ2) is 5.65. The molecule has 0 unspecified atom stereocenters. The second-order valence-corrected chi connectivity index (χ2v) is 7.60. The third-order valence-electron chi connectivity index (χ3n) is 5.61. The molecule has 26 heavy (non-hydrogen) atoms. The van der Waals surface area contributed by atoms with Crippen LogP contribution in [0.15, 0.2) is 29.3 Å². The number of hydrogen-bond acceptors (Lipinski definition) is 5. The van der Waals surface area contributed by atoms with Crippen molar-refractivity contribution in [3.63, 3.8) is 0 Å². The summed E-state index contributed by atoms with van der Waals surface area (Å²) in [6, 6.07) is 5.64. The predicted octanol–water partition coefficient (Wildman–Crippen LogP) is 1.85. The van der Waals surface area contributed by atoms with Crippen molar-refractivity contribution in [3.8, 4) is 0 Å². The van der Waals surface area contributed by atoms with E-state index in [1.165, 1.54) is 18.5 Å². The van der Waals surface area contributed by atoms with E-state index >= 15 is 0 Å². The Morgan fingerprint density at radius 2 is 2.00 bits per heavy atom. The highest BCUT2D eigenvalue weighted by Crippen LogP contribution is 2.38. The summed E-state index contributed by atoms with van der Waals surface area (Å²) in [5, 5.41) is 4.58. The van der Waals surface area contributed by atoms with Gasteiger partial charge in [-0.3, -0.25) is 4.79 Å². The van der Waals surface area contributed by atoms with Gasteiger partial charge in [-0.25, -0.2) is 14.6 Å². The van der Waals surface area contributed by atoms with E-state index in [1.807, 2.05) is 6.07 Å².